The summed E-state index contributed by atoms with van der Waals surface area (Å²) in [7, 11) is 0. The first-order valence-corrected chi connectivity index (χ1v) is 7.66. The van der Waals surface area contributed by atoms with Crippen LogP contribution in [0.4, 0.5) is 5.69 Å². The van der Waals surface area contributed by atoms with Gasteiger partial charge in [0.05, 0.1) is 0 Å². The molecule has 0 unspecified atom stereocenters. The Hall–Kier alpha value is -2.57. The average Bonchev–Trinajstić information content (AvgIpc) is 2.54. The van der Waals surface area contributed by atoms with Crippen LogP contribution in [0.3, 0.4) is 0 Å². The minimum absolute atomic E-state index is 0.0471. The second-order valence-electron chi connectivity index (χ2n) is 5.42. The normalized spacial score (nSPS) is 11.2. The maximum atomic E-state index is 12.4. The molecule has 0 aromatic heterocycles. The third-order valence-electron chi connectivity index (χ3n) is 3.38. The van der Waals surface area contributed by atoms with E-state index < -0.39 is 5.91 Å². The lowest BCUT2D eigenvalue weighted by Crippen LogP contribution is -2.15. The lowest BCUT2D eigenvalue weighted by atomic mass is 10.0. The number of nitriles is 1. The summed E-state index contributed by atoms with van der Waals surface area (Å²) >= 11 is 5.83. The van der Waals surface area contributed by atoms with Crippen LogP contribution < -0.4 is 5.32 Å². The molecule has 2 aromatic rings. The summed E-state index contributed by atoms with van der Waals surface area (Å²) in [5.41, 5.74) is 2.55. The number of anilines is 1. The van der Waals surface area contributed by atoms with Crippen LogP contribution in [0, 0.1) is 11.3 Å². The van der Waals surface area contributed by atoms with Crippen LogP contribution in [0.15, 0.2) is 54.1 Å². The summed E-state index contributed by atoms with van der Waals surface area (Å²) in [6.45, 7) is 4.11. The van der Waals surface area contributed by atoms with Crippen molar-refractivity contribution in [3.63, 3.8) is 0 Å². The highest BCUT2D eigenvalue weighted by atomic mass is 35.5. The van der Waals surface area contributed by atoms with E-state index in [9.17, 15) is 10.1 Å². The number of amides is 1. The van der Waals surface area contributed by atoms with Gasteiger partial charge in [-0.25, -0.2) is 0 Å². The number of hydrogen-bond acceptors (Lipinski definition) is 2. The number of carbonyl (C=O) groups excluding carboxylic acids is 1. The molecule has 1 N–H and O–H groups in total. The van der Waals surface area contributed by atoms with Crippen molar-refractivity contribution in [2.24, 2.45) is 0 Å². The molecule has 4 heteroatoms. The van der Waals surface area contributed by atoms with Crippen molar-refractivity contribution in [3.8, 4) is 6.07 Å². The van der Waals surface area contributed by atoms with E-state index in [1.54, 1.807) is 30.3 Å². The van der Waals surface area contributed by atoms with E-state index in [0.29, 0.717) is 5.02 Å². The van der Waals surface area contributed by atoms with E-state index >= 15 is 0 Å². The van der Waals surface area contributed by atoms with Crippen molar-refractivity contribution in [1.29, 1.82) is 5.26 Å². The van der Waals surface area contributed by atoms with Crippen LogP contribution in [-0.2, 0) is 4.79 Å². The average molecular weight is 325 g/mol. The molecular formula is C19H17ClN2O. The number of nitrogens with zero attached hydrogens (tertiary/aromatic N) is 1. The highest BCUT2D eigenvalue weighted by Crippen LogP contribution is 2.24. The molecule has 0 radical (unpaired) electrons. The van der Waals surface area contributed by atoms with Gasteiger partial charge in [0.25, 0.3) is 5.91 Å². The summed E-state index contributed by atoms with van der Waals surface area (Å²) in [5.74, 6) is -0.146. The molecule has 0 saturated carbocycles. The minimum Gasteiger partial charge on any atom is -0.321 e. The fraction of sp³-hybridized carbons (Fsp3) is 0.158. The van der Waals surface area contributed by atoms with Crippen molar-refractivity contribution in [2.75, 3.05) is 5.32 Å². The number of para-hydroxylation sites is 1. The predicted molar refractivity (Wildman–Crippen MR) is 94.2 cm³/mol. The molecule has 116 valence electrons. The molecule has 0 aliphatic heterocycles. The number of halogens is 1. The van der Waals surface area contributed by atoms with Gasteiger partial charge in [-0.15, -0.1) is 0 Å². The molecule has 2 aromatic carbocycles. The Kier molecular flexibility index (Phi) is 5.56. The molecule has 0 aliphatic rings. The van der Waals surface area contributed by atoms with Gasteiger partial charge in [-0.05, 0) is 41.3 Å². The Labute approximate surface area is 141 Å². The number of carbonyl (C=O) groups is 1. The van der Waals surface area contributed by atoms with E-state index in [1.165, 1.54) is 0 Å². The Morgan fingerprint density at radius 2 is 1.83 bits per heavy atom. The topological polar surface area (TPSA) is 52.9 Å². The molecule has 0 aliphatic carbocycles. The lowest BCUT2D eigenvalue weighted by molar-refractivity contribution is -0.112. The molecule has 0 fully saturated rings. The van der Waals surface area contributed by atoms with Crippen molar-refractivity contribution in [2.45, 2.75) is 19.8 Å². The number of rotatable bonds is 4. The summed E-state index contributed by atoms with van der Waals surface area (Å²) in [4.78, 5) is 12.4. The lowest BCUT2D eigenvalue weighted by Gasteiger charge is -2.13. The molecule has 0 bridgehead atoms. The SMILES string of the molecule is CC(C)c1ccccc1NC(=O)/C(C#N)=C/c1ccc(Cl)cc1. The zero-order chi connectivity index (χ0) is 16.8. The predicted octanol–water partition coefficient (Wildman–Crippen LogP) is 5.01. The second-order valence-corrected chi connectivity index (χ2v) is 5.85. The quantitative estimate of drug-likeness (QED) is 0.635. The third-order valence-corrected chi connectivity index (χ3v) is 3.63. The maximum absolute atomic E-state index is 12.4. The van der Waals surface area contributed by atoms with E-state index in [-0.39, 0.29) is 11.5 Å². The van der Waals surface area contributed by atoms with Gasteiger partial charge in [0.15, 0.2) is 0 Å². The first-order valence-electron chi connectivity index (χ1n) is 7.29. The van der Waals surface area contributed by atoms with Crippen LogP contribution in [0.2, 0.25) is 5.02 Å². The summed E-state index contributed by atoms with van der Waals surface area (Å²) < 4.78 is 0. The van der Waals surface area contributed by atoms with Gasteiger partial charge in [0, 0.05) is 10.7 Å². The van der Waals surface area contributed by atoms with Gasteiger partial charge in [-0.1, -0.05) is 55.8 Å². The molecule has 23 heavy (non-hydrogen) atoms. The molecule has 3 nitrogen and oxygen atoms in total. The smallest absolute Gasteiger partial charge is 0.266 e. The fourth-order valence-electron chi connectivity index (χ4n) is 2.18. The zero-order valence-corrected chi connectivity index (χ0v) is 13.8. The maximum Gasteiger partial charge on any atom is 0.266 e. The highest BCUT2D eigenvalue weighted by Gasteiger charge is 2.13. The Morgan fingerprint density at radius 1 is 1.17 bits per heavy atom. The molecule has 0 saturated heterocycles. The van der Waals surface area contributed by atoms with Crippen LogP contribution in [0.25, 0.3) is 6.08 Å². The fourth-order valence-corrected chi connectivity index (χ4v) is 2.30. The van der Waals surface area contributed by atoms with E-state index in [4.69, 9.17) is 11.6 Å². The summed E-state index contributed by atoms with van der Waals surface area (Å²) in [6, 6.07) is 16.5. The van der Waals surface area contributed by atoms with Crippen molar-refractivity contribution >= 4 is 29.3 Å². The van der Waals surface area contributed by atoms with Gasteiger partial charge >= 0.3 is 0 Å². The van der Waals surface area contributed by atoms with E-state index in [1.807, 2.05) is 30.3 Å². The standard InChI is InChI=1S/C19H17ClN2O/c1-13(2)17-5-3-4-6-18(17)22-19(23)15(12-21)11-14-7-9-16(20)10-8-14/h3-11,13H,1-2H3,(H,22,23)/b15-11+. The molecule has 2 rings (SSSR count). The first kappa shape index (κ1) is 16.8. The van der Waals surface area contributed by atoms with Crippen LogP contribution in [0.1, 0.15) is 30.9 Å². The Balaban J connectivity index is 2.25. The Bertz CT molecular complexity index is 771. The molecule has 1 amide bonds. The molecule has 0 heterocycles. The molecule has 0 spiro atoms. The first-order chi connectivity index (χ1) is 11.0. The number of hydrogen-bond donors (Lipinski definition) is 1. The van der Waals surface area contributed by atoms with Crippen molar-refractivity contribution in [1.82, 2.24) is 0 Å². The molecule has 0 atom stereocenters. The number of benzene rings is 2. The molecular weight excluding hydrogens is 308 g/mol. The van der Waals surface area contributed by atoms with E-state index in [0.717, 1.165) is 16.8 Å². The minimum atomic E-state index is -0.421. The van der Waals surface area contributed by atoms with Crippen molar-refractivity contribution in [3.05, 3.63) is 70.3 Å². The van der Waals surface area contributed by atoms with Crippen LogP contribution >= 0.6 is 11.6 Å². The van der Waals surface area contributed by atoms with Gasteiger partial charge in [0.1, 0.15) is 11.6 Å². The second kappa shape index (κ2) is 7.62. The zero-order valence-electron chi connectivity index (χ0n) is 13.0. The Morgan fingerprint density at radius 3 is 2.43 bits per heavy atom. The largest absolute Gasteiger partial charge is 0.321 e. The number of nitrogens with one attached hydrogen (secondary N) is 1. The van der Waals surface area contributed by atoms with E-state index in [2.05, 4.69) is 19.2 Å². The van der Waals surface area contributed by atoms with Gasteiger partial charge < -0.3 is 5.32 Å². The summed E-state index contributed by atoms with van der Waals surface area (Å²) in [5, 5.41) is 12.7. The van der Waals surface area contributed by atoms with Crippen LogP contribution in [-0.4, -0.2) is 5.91 Å². The third kappa shape index (κ3) is 4.45. The van der Waals surface area contributed by atoms with Crippen LogP contribution in [0.5, 0.6) is 0 Å². The van der Waals surface area contributed by atoms with Gasteiger partial charge in [-0.2, -0.15) is 5.26 Å². The monoisotopic (exact) mass is 324 g/mol. The summed E-state index contributed by atoms with van der Waals surface area (Å²) in [6.07, 6.45) is 1.55. The van der Waals surface area contributed by atoms with Crippen molar-refractivity contribution < 1.29 is 4.79 Å². The highest BCUT2D eigenvalue weighted by molar-refractivity contribution is 6.30. The van der Waals surface area contributed by atoms with Gasteiger partial charge in [0.2, 0.25) is 0 Å². The van der Waals surface area contributed by atoms with Gasteiger partial charge in [-0.3, -0.25) is 4.79 Å².